The van der Waals surface area contributed by atoms with Gasteiger partial charge in [-0.15, -0.1) is 0 Å². The topological polar surface area (TPSA) is 114 Å². The summed E-state index contributed by atoms with van der Waals surface area (Å²) in [6.07, 6.45) is 0. The third-order valence-corrected chi connectivity index (χ3v) is 3.90. The summed E-state index contributed by atoms with van der Waals surface area (Å²) in [5.74, 6) is 1.17. The van der Waals surface area contributed by atoms with Crippen molar-refractivity contribution in [3.63, 3.8) is 0 Å². The molecule has 0 radical (unpaired) electrons. The third-order valence-electron chi connectivity index (χ3n) is 2.97. The van der Waals surface area contributed by atoms with E-state index in [-0.39, 0.29) is 23.5 Å². The lowest BCUT2D eigenvalue weighted by Crippen LogP contribution is -2.38. The van der Waals surface area contributed by atoms with Gasteiger partial charge in [0.1, 0.15) is 11.5 Å². The minimum absolute atomic E-state index is 0.0417. The van der Waals surface area contributed by atoms with E-state index in [9.17, 15) is 13.2 Å². The Balaban J connectivity index is 2.03. The molecule has 0 saturated carbocycles. The lowest BCUT2D eigenvalue weighted by atomic mass is 10.2. The Hall–Kier alpha value is -2.32. The summed E-state index contributed by atoms with van der Waals surface area (Å²) in [5.41, 5.74) is 0.718. The molecule has 0 saturated heterocycles. The predicted molar refractivity (Wildman–Crippen MR) is 86.0 cm³/mol. The maximum atomic E-state index is 11.5. The van der Waals surface area contributed by atoms with Crippen molar-refractivity contribution in [2.45, 2.75) is 31.3 Å². The van der Waals surface area contributed by atoms with Gasteiger partial charge in [0.15, 0.2) is 0 Å². The normalized spacial score (nSPS) is 11.5. The molecule has 1 aromatic heterocycles. The number of carbonyl (C=O) groups is 1. The van der Waals surface area contributed by atoms with Crippen molar-refractivity contribution in [1.29, 1.82) is 0 Å². The van der Waals surface area contributed by atoms with Crippen molar-refractivity contribution < 1.29 is 17.6 Å². The molecule has 0 atom stereocenters. The molecule has 0 unspecified atom stereocenters. The molecule has 8 heteroatoms. The van der Waals surface area contributed by atoms with Gasteiger partial charge in [-0.25, -0.2) is 18.4 Å². The summed E-state index contributed by atoms with van der Waals surface area (Å²) in [4.78, 5) is 11.5. The zero-order chi connectivity index (χ0) is 17.0. The minimum atomic E-state index is -3.71. The van der Waals surface area contributed by atoms with Crippen molar-refractivity contribution in [1.82, 2.24) is 10.6 Å². The molecule has 4 N–H and O–H groups in total. The van der Waals surface area contributed by atoms with E-state index in [1.54, 1.807) is 24.3 Å². The minimum Gasteiger partial charge on any atom is -0.459 e. The predicted octanol–water partition coefficient (Wildman–Crippen LogP) is 1.80. The molecule has 7 nitrogen and oxygen atoms in total. The molecule has 0 aliphatic carbocycles. The van der Waals surface area contributed by atoms with Gasteiger partial charge in [0.2, 0.25) is 10.0 Å². The smallest absolute Gasteiger partial charge is 0.315 e. The monoisotopic (exact) mass is 337 g/mol. The van der Waals surface area contributed by atoms with Gasteiger partial charge in [-0.2, -0.15) is 0 Å². The van der Waals surface area contributed by atoms with Crippen LogP contribution in [0.15, 0.2) is 45.7 Å². The second-order valence-corrected chi connectivity index (χ2v) is 6.88. The number of furan rings is 1. The third kappa shape index (κ3) is 4.83. The molecule has 0 spiro atoms. The molecule has 2 amide bonds. The van der Waals surface area contributed by atoms with Gasteiger partial charge in [0, 0.05) is 11.6 Å². The van der Waals surface area contributed by atoms with Crippen LogP contribution >= 0.6 is 0 Å². The van der Waals surface area contributed by atoms with Crippen molar-refractivity contribution in [3.8, 4) is 11.3 Å². The first-order valence-electron chi connectivity index (χ1n) is 7.02. The van der Waals surface area contributed by atoms with Gasteiger partial charge in [0.05, 0.1) is 11.4 Å². The fourth-order valence-corrected chi connectivity index (χ4v) is 2.43. The van der Waals surface area contributed by atoms with Crippen molar-refractivity contribution in [3.05, 3.63) is 42.2 Å². The van der Waals surface area contributed by atoms with Crippen molar-refractivity contribution in [2.75, 3.05) is 0 Å². The Morgan fingerprint density at radius 1 is 1.17 bits per heavy atom. The van der Waals surface area contributed by atoms with E-state index in [4.69, 9.17) is 9.56 Å². The number of hydrogen-bond donors (Lipinski definition) is 3. The molecule has 0 aliphatic rings. The van der Waals surface area contributed by atoms with E-state index in [0.717, 1.165) is 5.56 Å². The highest BCUT2D eigenvalue weighted by Gasteiger charge is 2.10. The van der Waals surface area contributed by atoms with Crippen molar-refractivity contribution in [2.24, 2.45) is 5.14 Å². The molecule has 1 heterocycles. The van der Waals surface area contributed by atoms with Gasteiger partial charge in [-0.1, -0.05) is 0 Å². The Bertz CT molecular complexity index is 779. The summed E-state index contributed by atoms with van der Waals surface area (Å²) in [5, 5.41) is 10.5. The molecule has 23 heavy (non-hydrogen) atoms. The molecule has 1 aromatic carbocycles. The Labute approximate surface area is 134 Å². The number of nitrogens with two attached hydrogens (primary N) is 1. The van der Waals surface area contributed by atoms with E-state index in [1.807, 2.05) is 13.8 Å². The summed E-state index contributed by atoms with van der Waals surface area (Å²) in [6, 6.07) is 9.35. The molecule has 0 bridgehead atoms. The zero-order valence-corrected chi connectivity index (χ0v) is 13.7. The number of nitrogens with one attached hydrogen (secondary N) is 2. The van der Waals surface area contributed by atoms with Crippen LogP contribution in [0.1, 0.15) is 19.6 Å². The van der Waals surface area contributed by atoms with Crippen LogP contribution in [0.3, 0.4) is 0 Å². The van der Waals surface area contributed by atoms with Crippen LogP contribution in [0.2, 0.25) is 0 Å². The highest BCUT2D eigenvalue weighted by Crippen LogP contribution is 2.23. The van der Waals surface area contributed by atoms with Gasteiger partial charge >= 0.3 is 6.03 Å². The van der Waals surface area contributed by atoms with Gasteiger partial charge in [-0.3, -0.25) is 0 Å². The van der Waals surface area contributed by atoms with E-state index >= 15 is 0 Å². The largest absolute Gasteiger partial charge is 0.459 e. The van der Waals surface area contributed by atoms with Crippen LogP contribution in [-0.4, -0.2) is 20.5 Å². The van der Waals surface area contributed by atoms with Crippen LogP contribution in [-0.2, 0) is 16.6 Å². The Morgan fingerprint density at radius 2 is 1.83 bits per heavy atom. The number of urea groups is 1. The molecule has 2 rings (SSSR count). The number of hydrogen-bond acceptors (Lipinski definition) is 4. The zero-order valence-electron chi connectivity index (χ0n) is 12.9. The number of carbonyl (C=O) groups excluding carboxylic acids is 1. The van der Waals surface area contributed by atoms with E-state index < -0.39 is 10.0 Å². The van der Waals surface area contributed by atoms with E-state index in [0.29, 0.717) is 11.5 Å². The van der Waals surface area contributed by atoms with Crippen LogP contribution in [0.25, 0.3) is 11.3 Å². The summed E-state index contributed by atoms with van der Waals surface area (Å²) in [6.45, 7) is 4.00. The number of rotatable bonds is 5. The second-order valence-electron chi connectivity index (χ2n) is 5.32. The fourth-order valence-electron chi connectivity index (χ4n) is 1.92. The summed E-state index contributed by atoms with van der Waals surface area (Å²) in [7, 11) is -3.71. The molecule has 124 valence electrons. The maximum Gasteiger partial charge on any atom is 0.315 e. The summed E-state index contributed by atoms with van der Waals surface area (Å²) >= 11 is 0. The van der Waals surface area contributed by atoms with E-state index in [1.165, 1.54) is 12.1 Å². The number of primary sulfonamides is 1. The maximum absolute atomic E-state index is 11.5. The van der Waals surface area contributed by atoms with Crippen LogP contribution < -0.4 is 15.8 Å². The SMILES string of the molecule is CC(C)NC(=O)NCc1ccc(-c2ccc(S(N)(=O)=O)cc2)o1. The Morgan fingerprint density at radius 3 is 2.39 bits per heavy atom. The first-order valence-corrected chi connectivity index (χ1v) is 8.56. The average molecular weight is 337 g/mol. The van der Waals surface area contributed by atoms with Gasteiger partial charge < -0.3 is 15.1 Å². The average Bonchev–Trinajstić information content (AvgIpc) is 2.92. The lowest BCUT2D eigenvalue weighted by molar-refractivity contribution is 0.237. The quantitative estimate of drug-likeness (QED) is 0.771. The number of sulfonamides is 1. The standard InChI is InChI=1S/C15H19N3O4S/c1-10(2)18-15(19)17-9-12-5-8-14(22-12)11-3-6-13(7-4-11)23(16,20)21/h3-8,10H,9H2,1-2H3,(H2,16,20,21)(H2,17,18,19). The van der Waals surface area contributed by atoms with E-state index in [2.05, 4.69) is 10.6 Å². The summed E-state index contributed by atoms with van der Waals surface area (Å²) < 4.78 is 28.1. The molecular weight excluding hydrogens is 318 g/mol. The van der Waals surface area contributed by atoms with Gasteiger partial charge in [-0.05, 0) is 50.2 Å². The van der Waals surface area contributed by atoms with Crippen LogP contribution in [0, 0.1) is 0 Å². The number of benzene rings is 1. The van der Waals surface area contributed by atoms with Crippen molar-refractivity contribution >= 4 is 16.1 Å². The Kier molecular flexibility index (Phi) is 5.07. The molecular formula is C15H19N3O4S. The first kappa shape index (κ1) is 17.0. The number of amides is 2. The molecule has 2 aromatic rings. The lowest BCUT2D eigenvalue weighted by Gasteiger charge is -2.08. The highest BCUT2D eigenvalue weighted by atomic mass is 32.2. The first-order chi connectivity index (χ1) is 10.8. The fraction of sp³-hybridized carbons (Fsp3) is 0.267. The van der Waals surface area contributed by atoms with Crippen LogP contribution in [0.5, 0.6) is 0 Å². The van der Waals surface area contributed by atoms with Gasteiger partial charge in [0.25, 0.3) is 0 Å². The molecule has 0 fully saturated rings. The highest BCUT2D eigenvalue weighted by molar-refractivity contribution is 7.89. The van der Waals surface area contributed by atoms with Crippen LogP contribution in [0.4, 0.5) is 4.79 Å². The second kappa shape index (κ2) is 6.84. The molecule has 0 aliphatic heterocycles.